The van der Waals surface area contributed by atoms with Crippen molar-refractivity contribution in [1.29, 1.82) is 0 Å². The lowest BCUT2D eigenvalue weighted by Crippen LogP contribution is -2.00. The molecule has 1 atom stereocenters. The maximum atomic E-state index is 7.09. The summed E-state index contributed by atoms with van der Waals surface area (Å²) in [6.45, 7) is 2.14. The Kier molecular flexibility index (Phi) is 5.79. The lowest BCUT2D eigenvalue weighted by atomic mass is 9.74. The summed E-state index contributed by atoms with van der Waals surface area (Å²) in [5.41, 5.74) is 15.9. The zero-order chi connectivity index (χ0) is 26.3. The van der Waals surface area contributed by atoms with Gasteiger partial charge in [0, 0.05) is 0 Å². The monoisotopic (exact) mass is 494 g/mol. The second-order valence-corrected chi connectivity index (χ2v) is 10.4. The SMILES string of the molecule is [B]C1c2c(-c3ccc(-c4ccccc4)cc3)cccc2-c2cccc(-c3ccc(-c4cccc(C)c4)cc3)c21. The summed E-state index contributed by atoms with van der Waals surface area (Å²) in [6.07, 6.45) is 0. The minimum Gasteiger partial charge on any atom is -0.0622 e. The van der Waals surface area contributed by atoms with Gasteiger partial charge in [-0.05, 0) is 79.5 Å². The normalized spacial score (nSPS) is 13.6. The average Bonchev–Trinajstić information content (AvgIpc) is 3.30. The molecule has 0 fully saturated rings. The number of aryl methyl sites for hydroxylation is 1. The maximum absolute atomic E-state index is 7.09. The molecule has 0 N–H and O–H groups in total. The predicted molar refractivity (Wildman–Crippen MR) is 166 cm³/mol. The summed E-state index contributed by atoms with van der Waals surface area (Å²) in [6, 6.07) is 50.1. The number of fused-ring (bicyclic) bond motifs is 3. The highest BCUT2D eigenvalue weighted by molar-refractivity contribution is 6.19. The molecule has 0 amide bonds. The van der Waals surface area contributed by atoms with E-state index in [0.717, 1.165) is 0 Å². The lowest BCUT2D eigenvalue weighted by molar-refractivity contribution is 1.20. The van der Waals surface area contributed by atoms with Crippen LogP contribution in [0, 0.1) is 6.92 Å². The second kappa shape index (κ2) is 9.60. The van der Waals surface area contributed by atoms with Crippen LogP contribution in [0.4, 0.5) is 0 Å². The van der Waals surface area contributed by atoms with Gasteiger partial charge in [-0.25, -0.2) is 0 Å². The van der Waals surface area contributed by atoms with Crippen LogP contribution in [0.1, 0.15) is 22.5 Å². The molecule has 1 unspecified atom stereocenters. The first-order valence-electron chi connectivity index (χ1n) is 13.5. The molecule has 0 saturated heterocycles. The van der Waals surface area contributed by atoms with Crippen molar-refractivity contribution in [3.05, 3.63) is 156 Å². The number of hydrogen-bond donors (Lipinski definition) is 0. The van der Waals surface area contributed by atoms with Gasteiger partial charge in [0.15, 0.2) is 0 Å². The molecule has 39 heavy (non-hydrogen) atoms. The van der Waals surface area contributed by atoms with Gasteiger partial charge in [-0.15, -0.1) is 0 Å². The van der Waals surface area contributed by atoms with Crippen molar-refractivity contribution in [2.75, 3.05) is 0 Å². The van der Waals surface area contributed by atoms with E-state index in [9.17, 15) is 0 Å². The molecular formula is C38H27B. The number of hydrogen-bond acceptors (Lipinski definition) is 0. The highest BCUT2D eigenvalue weighted by atomic mass is 14.3. The molecule has 0 nitrogen and oxygen atoms in total. The van der Waals surface area contributed by atoms with Crippen LogP contribution in [0.25, 0.3) is 55.6 Å². The van der Waals surface area contributed by atoms with Crippen molar-refractivity contribution in [2.24, 2.45) is 0 Å². The molecule has 6 aromatic rings. The summed E-state index contributed by atoms with van der Waals surface area (Å²) >= 11 is 0. The van der Waals surface area contributed by atoms with Gasteiger partial charge in [0.1, 0.15) is 0 Å². The first kappa shape index (κ1) is 23.5. The molecule has 1 aliphatic carbocycles. The molecule has 7 rings (SSSR count). The summed E-state index contributed by atoms with van der Waals surface area (Å²) in [5, 5.41) is 0. The van der Waals surface area contributed by atoms with Gasteiger partial charge in [0.05, 0.1) is 7.85 Å². The third kappa shape index (κ3) is 4.12. The first-order chi connectivity index (χ1) is 19.2. The van der Waals surface area contributed by atoms with Gasteiger partial charge in [-0.1, -0.05) is 145 Å². The zero-order valence-electron chi connectivity index (χ0n) is 21.9. The van der Waals surface area contributed by atoms with Crippen molar-refractivity contribution in [3.63, 3.8) is 0 Å². The van der Waals surface area contributed by atoms with Gasteiger partial charge in [-0.2, -0.15) is 0 Å². The van der Waals surface area contributed by atoms with Crippen LogP contribution in [-0.4, -0.2) is 7.85 Å². The van der Waals surface area contributed by atoms with E-state index >= 15 is 0 Å². The van der Waals surface area contributed by atoms with Crippen LogP contribution in [-0.2, 0) is 0 Å². The lowest BCUT2D eigenvalue weighted by Gasteiger charge is -2.16. The van der Waals surface area contributed by atoms with E-state index in [1.165, 1.54) is 72.3 Å². The first-order valence-corrected chi connectivity index (χ1v) is 13.5. The zero-order valence-corrected chi connectivity index (χ0v) is 21.9. The quantitative estimate of drug-likeness (QED) is 0.214. The van der Waals surface area contributed by atoms with Crippen LogP contribution in [0.15, 0.2) is 140 Å². The molecular weight excluding hydrogens is 467 g/mol. The smallest absolute Gasteiger partial charge is 0.0622 e. The van der Waals surface area contributed by atoms with Crippen LogP contribution in [0.3, 0.4) is 0 Å². The molecule has 0 saturated carbocycles. The fraction of sp³-hybridized carbons (Fsp3) is 0.0526. The Bertz CT molecular complexity index is 1800. The van der Waals surface area contributed by atoms with Crippen LogP contribution in [0.5, 0.6) is 0 Å². The van der Waals surface area contributed by atoms with Gasteiger partial charge in [0.2, 0.25) is 0 Å². The van der Waals surface area contributed by atoms with E-state index in [4.69, 9.17) is 7.85 Å². The summed E-state index contributed by atoms with van der Waals surface area (Å²) in [4.78, 5) is 0. The Labute approximate surface area is 232 Å². The number of rotatable bonds is 4. The van der Waals surface area contributed by atoms with E-state index < -0.39 is 0 Å². The maximum Gasteiger partial charge on any atom is 0.0829 e. The van der Waals surface area contributed by atoms with E-state index in [1.54, 1.807) is 0 Å². The minimum absolute atomic E-state index is 0.187. The Morgan fingerprint density at radius 1 is 0.385 bits per heavy atom. The summed E-state index contributed by atoms with van der Waals surface area (Å²) in [5.74, 6) is -0.187. The topological polar surface area (TPSA) is 0 Å². The Balaban J connectivity index is 1.27. The summed E-state index contributed by atoms with van der Waals surface area (Å²) in [7, 11) is 7.09. The van der Waals surface area contributed by atoms with E-state index in [1.807, 2.05) is 0 Å². The van der Waals surface area contributed by atoms with Crippen molar-refractivity contribution in [1.82, 2.24) is 0 Å². The van der Waals surface area contributed by atoms with Gasteiger partial charge >= 0.3 is 0 Å². The average molecular weight is 494 g/mol. The Morgan fingerprint density at radius 2 is 0.795 bits per heavy atom. The molecule has 6 aromatic carbocycles. The molecule has 1 heteroatoms. The molecule has 0 heterocycles. The second-order valence-electron chi connectivity index (χ2n) is 10.4. The van der Waals surface area contributed by atoms with Crippen molar-refractivity contribution >= 4 is 7.85 Å². The minimum atomic E-state index is -0.187. The van der Waals surface area contributed by atoms with E-state index in [-0.39, 0.29) is 5.82 Å². The third-order valence-electron chi connectivity index (χ3n) is 7.97. The molecule has 0 aromatic heterocycles. The van der Waals surface area contributed by atoms with Crippen LogP contribution in [0.2, 0.25) is 0 Å². The Morgan fingerprint density at radius 3 is 1.33 bits per heavy atom. The van der Waals surface area contributed by atoms with Crippen molar-refractivity contribution < 1.29 is 0 Å². The molecule has 0 bridgehead atoms. The number of benzene rings is 6. The third-order valence-corrected chi connectivity index (χ3v) is 7.97. The van der Waals surface area contributed by atoms with Gasteiger partial charge in [-0.3, -0.25) is 0 Å². The van der Waals surface area contributed by atoms with E-state index in [0.29, 0.717) is 0 Å². The van der Waals surface area contributed by atoms with E-state index in [2.05, 4.69) is 146 Å². The standard InChI is InChI=1S/C38H27B/c1-25-8-5-11-31(24-25)28-18-22-30(23-19-28)33-13-7-15-35-34-14-6-12-32(36(34)38(39)37(33)35)29-20-16-27(17-21-29)26-9-3-2-4-10-26/h2-24,38H,1H3. The molecule has 182 valence electrons. The van der Waals surface area contributed by atoms with Gasteiger partial charge < -0.3 is 0 Å². The van der Waals surface area contributed by atoms with Crippen molar-refractivity contribution in [2.45, 2.75) is 12.7 Å². The predicted octanol–water partition coefficient (Wildman–Crippen LogP) is 9.90. The molecule has 2 radical (unpaired) electrons. The van der Waals surface area contributed by atoms with Crippen LogP contribution >= 0.6 is 0 Å². The summed E-state index contributed by atoms with van der Waals surface area (Å²) < 4.78 is 0. The van der Waals surface area contributed by atoms with Crippen LogP contribution < -0.4 is 0 Å². The molecule has 0 aliphatic heterocycles. The van der Waals surface area contributed by atoms with Gasteiger partial charge in [0.25, 0.3) is 0 Å². The highest BCUT2D eigenvalue weighted by Gasteiger charge is 2.30. The molecule has 0 spiro atoms. The Hall–Kier alpha value is -4.62. The fourth-order valence-electron chi connectivity index (χ4n) is 6.06. The largest absolute Gasteiger partial charge is 0.0829 e. The molecule has 1 aliphatic rings. The fourth-order valence-corrected chi connectivity index (χ4v) is 6.06. The highest BCUT2D eigenvalue weighted by Crippen LogP contribution is 2.50. The van der Waals surface area contributed by atoms with Crippen molar-refractivity contribution in [3.8, 4) is 55.6 Å².